The summed E-state index contributed by atoms with van der Waals surface area (Å²) in [7, 11) is 3.30. The summed E-state index contributed by atoms with van der Waals surface area (Å²) >= 11 is 1.53. The molecule has 0 atom stereocenters. The van der Waals surface area contributed by atoms with Gasteiger partial charge in [0.05, 0.1) is 24.0 Å². The van der Waals surface area contributed by atoms with E-state index in [1.54, 1.807) is 14.2 Å². The second kappa shape index (κ2) is 9.96. The molecule has 156 valence electrons. The number of para-hydroxylation sites is 2. The first kappa shape index (κ1) is 20.7. The fourth-order valence-corrected chi connectivity index (χ4v) is 3.92. The van der Waals surface area contributed by atoms with E-state index in [-0.39, 0.29) is 0 Å². The molecular weight excluding hydrogens is 408 g/mol. The third-order valence-corrected chi connectivity index (χ3v) is 5.54. The Morgan fingerprint density at radius 2 is 0.903 bits per heavy atom. The molecule has 0 aliphatic carbocycles. The van der Waals surface area contributed by atoms with Crippen LogP contribution < -0.4 is 18.9 Å². The van der Waals surface area contributed by atoms with E-state index in [1.807, 2.05) is 97.1 Å². The van der Waals surface area contributed by atoms with Crippen LogP contribution in [0.1, 0.15) is 0 Å². The summed E-state index contributed by atoms with van der Waals surface area (Å²) in [6, 6.07) is 30.9. The van der Waals surface area contributed by atoms with E-state index >= 15 is 0 Å². The molecule has 0 bridgehead atoms. The Bertz CT molecular complexity index is 1040. The van der Waals surface area contributed by atoms with Crippen molar-refractivity contribution < 1.29 is 18.9 Å². The predicted octanol–water partition coefficient (Wildman–Crippen LogP) is 7.44. The van der Waals surface area contributed by atoms with Gasteiger partial charge >= 0.3 is 0 Å². The molecular formula is C26H22O4S. The predicted molar refractivity (Wildman–Crippen MR) is 123 cm³/mol. The van der Waals surface area contributed by atoms with Gasteiger partial charge in [-0.3, -0.25) is 0 Å². The fraction of sp³-hybridized carbons (Fsp3) is 0.0769. The lowest BCUT2D eigenvalue weighted by Crippen LogP contribution is -1.92. The maximum atomic E-state index is 6.15. The lowest BCUT2D eigenvalue weighted by molar-refractivity contribution is 0.409. The first-order chi connectivity index (χ1) is 15.2. The van der Waals surface area contributed by atoms with Crippen LogP contribution in [0.2, 0.25) is 0 Å². The standard InChI is InChI=1S/C26H22O4S/c1-27-21-13-15-23(29-19-9-5-3-6-10-19)25(17-21)31-26-18-22(28-2)14-16-24(26)30-20-11-7-4-8-12-20/h3-18H,1-2H3. The van der Waals surface area contributed by atoms with Gasteiger partial charge in [-0.2, -0.15) is 0 Å². The van der Waals surface area contributed by atoms with Crippen LogP contribution in [-0.4, -0.2) is 14.2 Å². The molecule has 4 aromatic rings. The second-order valence-electron chi connectivity index (χ2n) is 6.56. The normalized spacial score (nSPS) is 10.4. The van der Waals surface area contributed by atoms with Crippen molar-refractivity contribution in [2.24, 2.45) is 0 Å². The summed E-state index contributed by atoms with van der Waals surface area (Å²) in [6.07, 6.45) is 0. The zero-order chi connectivity index (χ0) is 21.5. The number of hydrogen-bond acceptors (Lipinski definition) is 5. The molecule has 0 unspecified atom stereocenters. The highest BCUT2D eigenvalue weighted by atomic mass is 32.2. The average molecular weight is 431 g/mol. The monoisotopic (exact) mass is 430 g/mol. The van der Waals surface area contributed by atoms with E-state index in [4.69, 9.17) is 18.9 Å². The van der Waals surface area contributed by atoms with Crippen LogP contribution in [0.15, 0.2) is 107 Å². The molecule has 5 heteroatoms. The maximum absolute atomic E-state index is 6.15. The highest BCUT2D eigenvalue weighted by Gasteiger charge is 2.14. The van der Waals surface area contributed by atoms with Crippen LogP contribution in [0.3, 0.4) is 0 Å². The van der Waals surface area contributed by atoms with Crippen molar-refractivity contribution in [3.05, 3.63) is 97.1 Å². The number of hydrogen-bond donors (Lipinski definition) is 0. The molecule has 0 heterocycles. The molecule has 0 saturated carbocycles. The van der Waals surface area contributed by atoms with Gasteiger partial charge < -0.3 is 18.9 Å². The zero-order valence-corrected chi connectivity index (χ0v) is 18.1. The van der Waals surface area contributed by atoms with Gasteiger partial charge in [0.1, 0.15) is 34.5 Å². The van der Waals surface area contributed by atoms with Crippen molar-refractivity contribution in [3.8, 4) is 34.5 Å². The zero-order valence-electron chi connectivity index (χ0n) is 17.3. The number of methoxy groups -OCH3 is 2. The van der Waals surface area contributed by atoms with E-state index < -0.39 is 0 Å². The average Bonchev–Trinajstić information content (AvgIpc) is 2.82. The molecule has 0 saturated heterocycles. The molecule has 0 aromatic heterocycles. The van der Waals surface area contributed by atoms with E-state index in [0.29, 0.717) is 0 Å². The summed E-state index contributed by atoms with van der Waals surface area (Å²) < 4.78 is 23.2. The maximum Gasteiger partial charge on any atom is 0.141 e. The van der Waals surface area contributed by atoms with E-state index in [2.05, 4.69) is 0 Å². The van der Waals surface area contributed by atoms with Crippen LogP contribution >= 0.6 is 11.8 Å². The Labute approximate surface area is 186 Å². The first-order valence-electron chi connectivity index (χ1n) is 9.75. The minimum Gasteiger partial charge on any atom is -0.497 e. The Balaban J connectivity index is 1.70. The SMILES string of the molecule is COc1ccc(Oc2ccccc2)c(Sc2cc(OC)ccc2Oc2ccccc2)c1. The summed E-state index contributed by atoms with van der Waals surface area (Å²) in [6.45, 7) is 0. The Kier molecular flexibility index (Phi) is 6.65. The fourth-order valence-electron chi connectivity index (χ4n) is 2.91. The summed E-state index contributed by atoms with van der Waals surface area (Å²) in [5.74, 6) is 4.48. The number of ether oxygens (including phenoxy) is 4. The van der Waals surface area contributed by atoms with E-state index in [1.165, 1.54) is 11.8 Å². The van der Waals surface area contributed by atoms with E-state index in [0.717, 1.165) is 44.3 Å². The van der Waals surface area contributed by atoms with Gasteiger partial charge in [0.25, 0.3) is 0 Å². The van der Waals surface area contributed by atoms with Gasteiger partial charge in [-0.05, 0) is 60.7 Å². The van der Waals surface area contributed by atoms with Gasteiger partial charge in [0.15, 0.2) is 0 Å². The molecule has 4 rings (SSSR count). The van der Waals surface area contributed by atoms with Gasteiger partial charge in [-0.25, -0.2) is 0 Å². The molecule has 4 nitrogen and oxygen atoms in total. The summed E-state index contributed by atoms with van der Waals surface area (Å²) in [5.41, 5.74) is 0. The molecule has 0 amide bonds. The van der Waals surface area contributed by atoms with Crippen LogP contribution in [0.4, 0.5) is 0 Å². The lowest BCUT2D eigenvalue weighted by atomic mass is 10.3. The molecule has 31 heavy (non-hydrogen) atoms. The van der Waals surface area contributed by atoms with Gasteiger partial charge in [-0.15, -0.1) is 0 Å². The summed E-state index contributed by atoms with van der Waals surface area (Å²) in [4.78, 5) is 1.80. The van der Waals surface area contributed by atoms with Crippen molar-refractivity contribution in [1.82, 2.24) is 0 Å². The minimum atomic E-state index is 0.727. The molecule has 0 fully saturated rings. The highest BCUT2D eigenvalue weighted by molar-refractivity contribution is 7.99. The first-order valence-corrected chi connectivity index (χ1v) is 10.6. The number of rotatable bonds is 8. The highest BCUT2D eigenvalue weighted by Crippen LogP contribution is 2.44. The molecule has 4 aromatic carbocycles. The van der Waals surface area contributed by atoms with Crippen LogP contribution in [-0.2, 0) is 0 Å². The third kappa shape index (κ3) is 5.32. The molecule has 0 N–H and O–H groups in total. The van der Waals surface area contributed by atoms with Crippen LogP contribution in [0.25, 0.3) is 0 Å². The Morgan fingerprint density at radius 1 is 0.484 bits per heavy atom. The van der Waals surface area contributed by atoms with Crippen molar-refractivity contribution in [2.75, 3.05) is 14.2 Å². The molecule has 0 spiro atoms. The smallest absolute Gasteiger partial charge is 0.141 e. The lowest BCUT2D eigenvalue weighted by Gasteiger charge is -2.15. The van der Waals surface area contributed by atoms with Crippen LogP contribution in [0, 0.1) is 0 Å². The molecule has 0 aliphatic heterocycles. The van der Waals surface area contributed by atoms with Crippen LogP contribution in [0.5, 0.6) is 34.5 Å². The van der Waals surface area contributed by atoms with Crippen molar-refractivity contribution >= 4 is 11.8 Å². The van der Waals surface area contributed by atoms with Crippen molar-refractivity contribution in [1.29, 1.82) is 0 Å². The third-order valence-electron chi connectivity index (χ3n) is 4.46. The van der Waals surface area contributed by atoms with Gasteiger partial charge in [0.2, 0.25) is 0 Å². The Hall–Kier alpha value is -3.57. The second-order valence-corrected chi connectivity index (χ2v) is 7.64. The Morgan fingerprint density at radius 3 is 1.29 bits per heavy atom. The molecule has 0 aliphatic rings. The van der Waals surface area contributed by atoms with Crippen molar-refractivity contribution in [3.63, 3.8) is 0 Å². The topological polar surface area (TPSA) is 36.9 Å². The molecule has 0 radical (unpaired) electrons. The van der Waals surface area contributed by atoms with Gasteiger partial charge in [0, 0.05) is 0 Å². The van der Waals surface area contributed by atoms with E-state index in [9.17, 15) is 0 Å². The quantitative estimate of drug-likeness (QED) is 0.290. The largest absolute Gasteiger partial charge is 0.497 e. The summed E-state index contributed by atoms with van der Waals surface area (Å²) in [5, 5.41) is 0. The number of benzene rings is 4. The minimum absolute atomic E-state index is 0.727. The van der Waals surface area contributed by atoms with Gasteiger partial charge in [-0.1, -0.05) is 48.2 Å². The van der Waals surface area contributed by atoms with Crippen molar-refractivity contribution in [2.45, 2.75) is 9.79 Å².